The summed E-state index contributed by atoms with van der Waals surface area (Å²) in [6, 6.07) is 3.96. The van der Waals surface area contributed by atoms with Crippen LogP contribution in [0.1, 0.15) is 24.9 Å². The van der Waals surface area contributed by atoms with E-state index in [1.165, 1.54) is 0 Å². The normalized spacial score (nSPS) is 19.5. The molecule has 0 radical (unpaired) electrons. The van der Waals surface area contributed by atoms with Crippen molar-refractivity contribution in [2.45, 2.75) is 19.4 Å². The van der Waals surface area contributed by atoms with Crippen molar-refractivity contribution >= 4 is 27.7 Å². The molecule has 102 valence electrons. The highest BCUT2D eigenvalue weighted by Crippen LogP contribution is 2.34. The van der Waals surface area contributed by atoms with E-state index in [4.69, 9.17) is 0 Å². The predicted molar refractivity (Wildman–Crippen MR) is 79.2 cm³/mol. The van der Waals surface area contributed by atoms with Crippen molar-refractivity contribution in [2.75, 3.05) is 12.3 Å². The molecule has 1 atom stereocenters. The van der Waals surface area contributed by atoms with Crippen molar-refractivity contribution in [3.8, 4) is 0 Å². The fourth-order valence-corrected chi connectivity index (χ4v) is 3.30. The van der Waals surface area contributed by atoms with E-state index in [0.29, 0.717) is 0 Å². The number of nitro groups is 1. The molecule has 0 N–H and O–H groups in total. The minimum Gasteiger partial charge on any atom is -0.354 e. The number of pyridine rings is 1. The molecule has 19 heavy (non-hydrogen) atoms. The van der Waals surface area contributed by atoms with Crippen molar-refractivity contribution in [3.05, 3.63) is 49.8 Å². The molecule has 2 rings (SSSR count). The van der Waals surface area contributed by atoms with Gasteiger partial charge in [-0.15, -0.1) is 11.8 Å². The van der Waals surface area contributed by atoms with Gasteiger partial charge in [-0.05, 0) is 40.9 Å². The summed E-state index contributed by atoms with van der Waals surface area (Å²) in [6.45, 7) is 2.88. The van der Waals surface area contributed by atoms with E-state index in [9.17, 15) is 10.1 Å². The summed E-state index contributed by atoms with van der Waals surface area (Å²) in [5.41, 5.74) is 1.06. The molecule has 2 heterocycles. The van der Waals surface area contributed by atoms with Crippen molar-refractivity contribution in [3.63, 3.8) is 0 Å². The Balaban J connectivity index is 2.22. The van der Waals surface area contributed by atoms with Crippen LogP contribution in [0.3, 0.4) is 0 Å². The molecular weight excluding hydrogens is 330 g/mol. The van der Waals surface area contributed by atoms with Gasteiger partial charge in [0.05, 0.1) is 11.0 Å². The van der Waals surface area contributed by atoms with Crippen LogP contribution in [-0.2, 0) is 0 Å². The maximum atomic E-state index is 10.7. The Morgan fingerprint density at radius 1 is 1.63 bits per heavy atom. The van der Waals surface area contributed by atoms with Gasteiger partial charge in [0, 0.05) is 18.5 Å². The SMILES string of the molecule is CC(c1ccc(Br)nc1)N1CCCS/C1=C\[N+](=O)[O-]. The maximum Gasteiger partial charge on any atom is 0.264 e. The van der Waals surface area contributed by atoms with Gasteiger partial charge in [0.1, 0.15) is 9.63 Å². The molecule has 0 aliphatic carbocycles. The first-order valence-corrected chi connectivity index (χ1v) is 7.72. The zero-order chi connectivity index (χ0) is 13.8. The number of nitrogens with zero attached hydrogens (tertiary/aromatic N) is 3. The molecule has 1 unspecified atom stereocenters. The summed E-state index contributed by atoms with van der Waals surface area (Å²) in [5, 5.41) is 11.4. The highest BCUT2D eigenvalue weighted by Gasteiger charge is 2.24. The number of aromatic nitrogens is 1. The van der Waals surface area contributed by atoms with Gasteiger partial charge in [0.15, 0.2) is 0 Å². The highest BCUT2D eigenvalue weighted by molar-refractivity contribution is 9.10. The second-order valence-electron chi connectivity index (χ2n) is 4.24. The summed E-state index contributed by atoms with van der Waals surface area (Å²) >= 11 is 4.85. The van der Waals surface area contributed by atoms with Crippen molar-refractivity contribution < 1.29 is 4.92 Å². The van der Waals surface area contributed by atoms with Gasteiger partial charge >= 0.3 is 0 Å². The average molecular weight is 344 g/mol. The Labute approximate surface area is 124 Å². The second kappa shape index (κ2) is 6.38. The lowest BCUT2D eigenvalue weighted by Crippen LogP contribution is -2.30. The lowest BCUT2D eigenvalue weighted by atomic mass is 10.1. The van der Waals surface area contributed by atoms with Crippen LogP contribution in [0.5, 0.6) is 0 Å². The van der Waals surface area contributed by atoms with E-state index in [-0.39, 0.29) is 11.0 Å². The van der Waals surface area contributed by atoms with Gasteiger partial charge in [0.2, 0.25) is 0 Å². The summed E-state index contributed by atoms with van der Waals surface area (Å²) in [7, 11) is 0. The second-order valence-corrected chi connectivity index (χ2v) is 6.17. The van der Waals surface area contributed by atoms with Gasteiger partial charge in [-0.1, -0.05) is 6.07 Å². The van der Waals surface area contributed by atoms with Crippen LogP contribution < -0.4 is 0 Å². The third-order valence-electron chi connectivity index (χ3n) is 2.99. The lowest BCUT2D eigenvalue weighted by molar-refractivity contribution is -0.403. The molecule has 0 aromatic carbocycles. The number of thioether (sulfide) groups is 1. The summed E-state index contributed by atoms with van der Waals surface area (Å²) in [4.78, 5) is 16.6. The number of rotatable bonds is 3. The smallest absolute Gasteiger partial charge is 0.264 e. The molecule has 0 bridgehead atoms. The first-order chi connectivity index (χ1) is 9.08. The van der Waals surface area contributed by atoms with E-state index >= 15 is 0 Å². The zero-order valence-corrected chi connectivity index (χ0v) is 12.9. The minimum atomic E-state index is -0.382. The molecule has 1 fully saturated rings. The molecule has 0 amide bonds. The standard InChI is InChI=1S/C12H14BrN3O2S/c1-9(10-3-4-11(13)14-7-10)15-5-2-6-19-12(15)8-16(17)18/h3-4,7-9H,2,5-6H2,1H3/b12-8-. The summed E-state index contributed by atoms with van der Waals surface area (Å²) in [6.07, 6.45) is 3.94. The highest BCUT2D eigenvalue weighted by atomic mass is 79.9. The van der Waals surface area contributed by atoms with Gasteiger partial charge in [-0.3, -0.25) is 10.1 Å². The largest absolute Gasteiger partial charge is 0.354 e. The van der Waals surface area contributed by atoms with Crippen molar-refractivity contribution in [1.29, 1.82) is 0 Å². The predicted octanol–water partition coefficient (Wildman–Crippen LogP) is 3.42. The Morgan fingerprint density at radius 2 is 2.42 bits per heavy atom. The van der Waals surface area contributed by atoms with Crippen LogP contribution in [0.4, 0.5) is 0 Å². The first kappa shape index (κ1) is 14.3. The minimum absolute atomic E-state index is 0.0830. The van der Waals surface area contributed by atoms with Gasteiger partial charge in [0.25, 0.3) is 6.20 Å². The van der Waals surface area contributed by atoms with Gasteiger partial charge in [-0.25, -0.2) is 4.98 Å². The van der Waals surface area contributed by atoms with E-state index in [1.807, 2.05) is 19.1 Å². The quantitative estimate of drug-likeness (QED) is 0.478. The van der Waals surface area contributed by atoms with Crippen LogP contribution in [0.25, 0.3) is 0 Å². The number of hydrogen-bond acceptors (Lipinski definition) is 5. The molecule has 5 nitrogen and oxygen atoms in total. The maximum absolute atomic E-state index is 10.7. The van der Waals surface area contributed by atoms with Gasteiger partial charge < -0.3 is 4.90 Å². The molecule has 1 aliphatic heterocycles. The lowest BCUT2D eigenvalue weighted by Gasteiger charge is -2.34. The molecule has 1 saturated heterocycles. The molecular formula is C12H14BrN3O2S. The van der Waals surface area contributed by atoms with Crippen molar-refractivity contribution in [2.24, 2.45) is 0 Å². The molecule has 7 heteroatoms. The van der Waals surface area contributed by atoms with Crippen LogP contribution >= 0.6 is 27.7 Å². The Bertz CT molecular complexity index is 492. The van der Waals surface area contributed by atoms with Crippen LogP contribution in [0.2, 0.25) is 0 Å². The van der Waals surface area contributed by atoms with E-state index in [2.05, 4.69) is 25.8 Å². The van der Waals surface area contributed by atoms with Gasteiger partial charge in [-0.2, -0.15) is 0 Å². The summed E-state index contributed by atoms with van der Waals surface area (Å²) in [5.74, 6) is 0.932. The average Bonchev–Trinajstić information content (AvgIpc) is 2.39. The first-order valence-electron chi connectivity index (χ1n) is 5.94. The third kappa shape index (κ3) is 3.70. The molecule has 1 aliphatic rings. The Kier molecular flexibility index (Phi) is 4.81. The number of halogens is 1. The topological polar surface area (TPSA) is 59.3 Å². The van der Waals surface area contributed by atoms with Crippen LogP contribution in [0, 0.1) is 10.1 Å². The molecule has 1 aromatic rings. The van der Waals surface area contributed by atoms with Crippen LogP contribution in [-0.4, -0.2) is 27.1 Å². The zero-order valence-electron chi connectivity index (χ0n) is 10.5. The Hall–Kier alpha value is -1.08. The summed E-state index contributed by atoms with van der Waals surface area (Å²) < 4.78 is 0.789. The number of hydrogen-bond donors (Lipinski definition) is 0. The van der Waals surface area contributed by atoms with Crippen molar-refractivity contribution in [1.82, 2.24) is 9.88 Å². The van der Waals surface area contributed by atoms with E-state index in [1.54, 1.807) is 18.0 Å². The molecule has 1 aromatic heterocycles. The fraction of sp³-hybridized carbons (Fsp3) is 0.417. The monoisotopic (exact) mass is 343 g/mol. The van der Waals surface area contributed by atoms with E-state index in [0.717, 1.165) is 40.1 Å². The fourth-order valence-electron chi connectivity index (χ4n) is 2.01. The molecule has 0 saturated carbocycles. The van der Waals surface area contributed by atoms with Crippen LogP contribution in [0.15, 0.2) is 34.2 Å². The Morgan fingerprint density at radius 3 is 3.05 bits per heavy atom. The third-order valence-corrected chi connectivity index (χ3v) is 4.59. The molecule has 0 spiro atoms. The van der Waals surface area contributed by atoms with E-state index < -0.39 is 0 Å².